The van der Waals surface area contributed by atoms with Crippen molar-refractivity contribution < 1.29 is 14.6 Å². The van der Waals surface area contributed by atoms with Crippen LogP contribution in [-0.4, -0.2) is 41.1 Å². The second kappa shape index (κ2) is 4.82. The summed E-state index contributed by atoms with van der Waals surface area (Å²) < 4.78 is 11.9. The van der Waals surface area contributed by atoms with Crippen molar-refractivity contribution in [2.75, 3.05) is 20.3 Å². The minimum absolute atomic E-state index is 0.0763. The number of hydrogen-bond donors (Lipinski definition) is 2. The smallest absolute Gasteiger partial charge is 0.330 e. The Bertz CT molecular complexity index is 494. The standard InChI is InChI=1S/C10H14N2O5/c1-16-8-6(4-13)5-17-9(8)12-3-2-7(14)11-10(12)15/h2-3,6,8-9,13H,4-5H2,1H3,(H,11,14,15)/t6-,8-,9-/m1/s1. The molecule has 0 radical (unpaired) electrons. The predicted molar refractivity (Wildman–Crippen MR) is 57.7 cm³/mol. The van der Waals surface area contributed by atoms with Gasteiger partial charge in [0.15, 0.2) is 6.23 Å². The Kier molecular flexibility index (Phi) is 3.41. The average Bonchev–Trinajstić information content (AvgIpc) is 2.71. The molecule has 1 fully saturated rings. The molecule has 1 aromatic heterocycles. The lowest BCUT2D eigenvalue weighted by atomic mass is 10.1. The molecule has 94 valence electrons. The highest BCUT2D eigenvalue weighted by atomic mass is 16.6. The maximum Gasteiger partial charge on any atom is 0.330 e. The summed E-state index contributed by atoms with van der Waals surface area (Å²) >= 11 is 0. The number of H-pyrrole nitrogens is 1. The molecule has 2 rings (SSSR count). The second-order valence-electron chi connectivity index (χ2n) is 3.88. The molecule has 1 aliphatic heterocycles. The maximum absolute atomic E-state index is 11.6. The molecule has 0 aromatic carbocycles. The monoisotopic (exact) mass is 242 g/mol. The Morgan fingerprint density at radius 3 is 3.00 bits per heavy atom. The van der Waals surface area contributed by atoms with E-state index in [9.17, 15) is 9.59 Å². The molecule has 0 spiro atoms. The summed E-state index contributed by atoms with van der Waals surface area (Å²) in [6.07, 6.45) is 0.322. The van der Waals surface area contributed by atoms with Crippen LogP contribution in [0.15, 0.2) is 21.9 Å². The fourth-order valence-electron chi connectivity index (χ4n) is 1.98. The first-order valence-corrected chi connectivity index (χ1v) is 5.24. The van der Waals surface area contributed by atoms with E-state index in [4.69, 9.17) is 14.6 Å². The molecule has 1 aromatic rings. The minimum Gasteiger partial charge on any atom is -0.396 e. The summed E-state index contributed by atoms with van der Waals surface area (Å²) in [5, 5.41) is 9.14. The van der Waals surface area contributed by atoms with Gasteiger partial charge in [-0.1, -0.05) is 0 Å². The number of aliphatic hydroxyl groups excluding tert-OH is 1. The van der Waals surface area contributed by atoms with Crippen molar-refractivity contribution >= 4 is 0 Å². The molecular formula is C10H14N2O5. The Balaban J connectivity index is 2.34. The van der Waals surface area contributed by atoms with Gasteiger partial charge in [0.05, 0.1) is 13.2 Å². The highest BCUT2D eigenvalue weighted by Gasteiger charge is 2.38. The minimum atomic E-state index is -0.624. The van der Waals surface area contributed by atoms with Crippen LogP contribution in [0.2, 0.25) is 0 Å². The molecule has 1 saturated heterocycles. The van der Waals surface area contributed by atoms with Crippen molar-refractivity contribution in [3.8, 4) is 0 Å². The van der Waals surface area contributed by atoms with E-state index in [1.54, 1.807) is 0 Å². The van der Waals surface area contributed by atoms with Crippen molar-refractivity contribution in [3.63, 3.8) is 0 Å². The van der Waals surface area contributed by atoms with E-state index in [-0.39, 0.29) is 12.5 Å². The predicted octanol–water partition coefficient (Wildman–Crippen LogP) is -1.31. The normalized spacial score (nSPS) is 28.5. The first-order valence-electron chi connectivity index (χ1n) is 5.24. The fourth-order valence-corrected chi connectivity index (χ4v) is 1.98. The molecule has 2 N–H and O–H groups in total. The summed E-state index contributed by atoms with van der Waals surface area (Å²) in [6.45, 7) is 0.234. The lowest BCUT2D eigenvalue weighted by Crippen LogP contribution is -2.37. The SMILES string of the molecule is CO[C@@H]1[C@H](CO)CO[C@H]1n1ccc(=O)[nH]c1=O. The third-order valence-electron chi connectivity index (χ3n) is 2.86. The maximum atomic E-state index is 11.6. The zero-order valence-electron chi connectivity index (χ0n) is 9.33. The van der Waals surface area contributed by atoms with Crippen LogP contribution < -0.4 is 11.2 Å². The number of nitrogens with zero attached hydrogens (tertiary/aromatic N) is 1. The molecule has 7 nitrogen and oxygen atoms in total. The van der Waals surface area contributed by atoms with Crippen molar-refractivity contribution in [1.82, 2.24) is 9.55 Å². The quantitative estimate of drug-likeness (QED) is 0.686. The Hall–Kier alpha value is -1.44. The third kappa shape index (κ3) is 2.17. The first-order chi connectivity index (χ1) is 8.17. The number of nitrogens with one attached hydrogen (secondary N) is 1. The van der Waals surface area contributed by atoms with E-state index >= 15 is 0 Å². The van der Waals surface area contributed by atoms with Gasteiger partial charge in [0, 0.05) is 25.3 Å². The van der Waals surface area contributed by atoms with E-state index in [1.165, 1.54) is 23.9 Å². The molecule has 7 heteroatoms. The third-order valence-corrected chi connectivity index (χ3v) is 2.86. The average molecular weight is 242 g/mol. The van der Waals surface area contributed by atoms with Crippen LogP contribution in [0.1, 0.15) is 6.23 Å². The highest BCUT2D eigenvalue weighted by Crippen LogP contribution is 2.29. The van der Waals surface area contributed by atoms with Gasteiger partial charge in [0.2, 0.25) is 0 Å². The fraction of sp³-hybridized carbons (Fsp3) is 0.600. The van der Waals surface area contributed by atoms with E-state index in [0.717, 1.165) is 0 Å². The van der Waals surface area contributed by atoms with Crippen LogP contribution in [0.25, 0.3) is 0 Å². The molecule has 0 amide bonds. The second-order valence-corrected chi connectivity index (χ2v) is 3.88. The van der Waals surface area contributed by atoms with Gasteiger partial charge in [-0.3, -0.25) is 14.3 Å². The number of rotatable bonds is 3. The van der Waals surface area contributed by atoms with Crippen LogP contribution in [0.3, 0.4) is 0 Å². The number of aliphatic hydroxyl groups is 1. The zero-order valence-corrected chi connectivity index (χ0v) is 9.33. The van der Waals surface area contributed by atoms with Crippen molar-refractivity contribution in [2.24, 2.45) is 5.92 Å². The summed E-state index contributed by atoms with van der Waals surface area (Å²) in [6, 6.07) is 1.24. The largest absolute Gasteiger partial charge is 0.396 e. The van der Waals surface area contributed by atoms with Gasteiger partial charge < -0.3 is 14.6 Å². The van der Waals surface area contributed by atoms with E-state index < -0.39 is 23.6 Å². The summed E-state index contributed by atoms with van der Waals surface area (Å²) in [5.74, 6) is -0.177. The first kappa shape index (κ1) is 12.0. The lowest BCUT2D eigenvalue weighted by Gasteiger charge is -2.21. The van der Waals surface area contributed by atoms with Crippen molar-refractivity contribution in [3.05, 3.63) is 33.1 Å². The van der Waals surface area contributed by atoms with Crippen LogP contribution in [0, 0.1) is 5.92 Å². The van der Waals surface area contributed by atoms with Crippen molar-refractivity contribution in [2.45, 2.75) is 12.3 Å². The molecule has 17 heavy (non-hydrogen) atoms. The Labute approximate surface area is 96.6 Å². The summed E-state index contributed by atoms with van der Waals surface area (Å²) in [4.78, 5) is 24.7. The van der Waals surface area contributed by atoms with Gasteiger partial charge in [-0.2, -0.15) is 0 Å². The molecule has 0 saturated carbocycles. The zero-order chi connectivity index (χ0) is 12.4. The van der Waals surface area contributed by atoms with Gasteiger partial charge in [-0.15, -0.1) is 0 Å². The summed E-state index contributed by atoms with van der Waals surface area (Å²) in [5.41, 5.74) is -1.01. The van der Waals surface area contributed by atoms with Crippen molar-refractivity contribution in [1.29, 1.82) is 0 Å². The molecule has 0 aliphatic carbocycles. The number of aromatic nitrogens is 2. The molecular weight excluding hydrogens is 228 g/mol. The number of methoxy groups -OCH3 is 1. The van der Waals surface area contributed by atoms with Crippen LogP contribution >= 0.6 is 0 Å². The van der Waals surface area contributed by atoms with E-state index in [0.29, 0.717) is 6.61 Å². The van der Waals surface area contributed by atoms with Gasteiger partial charge in [-0.25, -0.2) is 4.79 Å². The number of aromatic amines is 1. The van der Waals surface area contributed by atoms with E-state index in [2.05, 4.69) is 4.98 Å². The Morgan fingerprint density at radius 1 is 1.65 bits per heavy atom. The van der Waals surface area contributed by atoms with Gasteiger partial charge in [-0.05, 0) is 0 Å². The number of ether oxygens (including phenoxy) is 2. The van der Waals surface area contributed by atoms with E-state index in [1.807, 2.05) is 0 Å². The van der Waals surface area contributed by atoms with Gasteiger partial charge >= 0.3 is 5.69 Å². The van der Waals surface area contributed by atoms with Gasteiger partial charge in [0.25, 0.3) is 5.56 Å². The highest BCUT2D eigenvalue weighted by molar-refractivity contribution is 4.89. The molecule has 2 heterocycles. The van der Waals surface area contributed by atoms with Crippen LogP contribution in [-0.2, 0) is 9.47 Å². The molecule has 1 aliphatic rings. The van der Waals surface area contributed by atoms with Crippen LogP contribution in [0.5, 0.6) is 0 Å². The van der Waals surface area contributed by atoms with Gasteiger partial charge in [0.1, 0.15) is 6.10 Å². The Morgan fingerprint density at radius 2 is 2.41 bits per heavy atom. The number of hydrogen-bond acceptors (Lipinski definition) is 5. The summed E-state index contributed by atoms with van der Waals surface area (Å²) in [7, 11) is 1.49. The molecule has 0 bridgehead atoms. The molecule has 0 unspecified atom stereocenters. The lowest BCUT2D eigenvalue weighted by molar-refractivity contribution is -0.0383. The molecule has 3 atom stereocenters. The topological polar surface area (TPSA) is 93.5 Å². The van der Waals surface area contributed by atoms with Crippen LogP contribution in [0.4, 0.5) is 0 Å².